The number of fused-ring (bicyclic) bond motifs is 3. The summed E-state index contributed by atoms with van der Waals surface area (Å²) >= 11 is 1.90. The fraction of sp³-hybridized carbons (Fsp3) is 0.243. The first-order chi connectivity index (χ1) is 20.0. The normalized spacial score (nSPS) is 13.8. The topological polar surface area (TPSA) is 25.8 Å². The molecule has 0 aliphatic heterocycles. The van der Waals surface area contributed by atoms with Crippen LogP contribution in [0.1, 0.15) is 43.6 Å². The minimum atomic E-state index is -1.37. The van der Waals surface area contributed by atoms with Crippen molar-refractivity contribution in [2.45, 2.75) is 57.7 Å². The van der Waals surface area contributed by atoms with E-state index in [0.717, 1.165) is 28.4 Å². The van der Waals surface area contributed by atoms with Gasteiger partial charge in [0.1, 0.15) is 0 Å². The molecule has 5 heteroatoms. The van der Waals surface area contributed by atoms with Gasteiger partial charge in [0.25, 0.3) is 0 Å². The molecule has 42 heavy (non-hydrogen) atoms. The molecular formula is C37H36IrN2SSi-2. The van der Waals surface area contributed by atoms with Crippen LogP contribution in [0.5, 0.6) is 0 Å². The number of benzene rings is 3. The molecule has 1 radical (unpaired) electrons. The Balaban J connectivity index is 0.000000169. The second kappa shape index (κ2) is 13.6. The molecule has 1 fully saturated rings. The predicted molar refractivity (Wildman–Crippen MR) is 179 cm³/mol. The van der Waals surface area contributed by atoms with Crippen LogP contribution in [0.25, 0.3) is 42.7 Å². The van der Waals surface area contributed by atoms with Crippen LogP contribution in [0.2, 0.25) is 19.6 Å². The van der Waals surface area contributed by atoms with Crippen LogP contribution in [-0.4, -0.2) is 18.0 Å². The standard InChI is InChI=1S/C20H18NSSi.C17H18N.Ir/c1-23(2,3)18-12-7-9-15-14-8-6-10-16(19(14)22-20(15)18)17-11-4-5-13-21-17;1-3-7-14(8-4-1)16-11-12-18-17(13-16)15-9-5-2-6-10-15;/h4-9,11-13H,1-3H3;2,5-6,9,11-14H,1,3-4,7-8H2;/q2*-1;. The summed E-state index contributed by atoms with van der Waals surface area (Å²) in [5.74, 6) is 0.740. The van der Waals surface area contributed by atoms with E-state index >= 15 is 0 Å². The van der Waals surface area contributed by atoms with Crippen LogP contribution >= 0.6 is 11.3 Å². The van der Waals surface area contributed by atoms with E-state index in [-0.39, 0.29) is 20.1 Å². The van der Waals surface area contributed by atoms with E-state index < -0.39 is 8.07 Å². The molecule has 0 spiro atoms. The molecule has 1 aliphatic rings. The minimum absolute atomic E-state index is 0. The Morgan fingerprint density at radius 2 is 1.50 bits per heavy atom. The Bertz CT molecular complexity index is 1750. The Morgan fingerprint density at radius 1 is 0.714 bits per heavy atom. The van der Waals surface area contributed by atoms with Crippen molar-refractivity contribution in [3.63, 3.8) is 0 Å². The Kier molecular flexibility index (Phi) is 9.85. The fourth-order valence-corrected chi connectivity index (χ4v) is 9.60. The van der Waals surface area contributed by atoms with Crippen LogP contribution in [0.3, 0.4) is 0 Å². The van der Waals surface area contributed by atoms with E-state index in [1.807, 2.05) is 60.1 Å². The van der Waals surface area contributed by atoms with Gasteiger partial charge in [-0.15, -0.1) is 59.7 Å². The SMILES string of the molecule is C[Si](C)(C)c1cccc2c1sc1c(-c3ccccn3)[c-]ccc12.[Ir].[c-]1ccccc1-c1cc(C2CCCCC2)ccn1. The van der Waals surface area contributed by atoms with Crippen molar-refractivity contribution in [2.24, 2.45) is 0 Å². The third kappa shape index (κ3) is 6.66. The Hall–Kier alpha value is -2.95. The summed E-state index contributed by atoms with van der Waals surface area (Å²) in [4.78, 5) is 9.00. The molecule has 0 amide bonds. The molecule has 0 N–H and O–H groups in total. The van der Waals surface area contributed by atoms with Gasteiger partial charge >= 0.3 is 0 Å². The van der Waals surface area contributed by atoms with Crippen LogP contribution in [0.4, 0.5) is 0 Å². The zero-order chi connectivity index (χ0) is 28.2. The van der Waals surface area contributed by atoms with Crippen LogP contribution in [0.15, 0.2) is 97.3 Å². The molecule has 3 heterocycles. The minimum Gasteiger partial charge on any atom is -0.305 e. The maximum Gasteiger partial charge on any atom is 0.0794 e. The van der Waals surface area contributed by atoms with E-state index in [9.17, 15) is 0 Å². The first-order valence-electron chi connectivity index (χ1n) is 14.7. The number of thiophene rings is 1. The summed E-state index contributed by atoms with van der Waals surface area (Å²) < 4.78 is 2.74. The van der Waals surface area contributed by atoms with Gasteiger partial charge in [0.15, 0.2) is 0 Å². The molecule has 7 rings (SSSR count). The van der Waals surface area contributed by atoms with Crippen molar-refractivity contribution in [3.8, 4) is 22.5 Å². The van der Waals surface area contributed by atoms with Gasteiger partial charge in [0.2, 0.25) is 0 Å². The van der Waals surface area contributed by atoms with Gasteiger partial charge in [-0.2, -0.15) is 11.3 Å². The zero-order valence-electron chi connectivity index (χ0n) is 24.5. The molecule has 6 aromatic rings. The summed E-state index contributed by atoms with van der Waals surface area (Å²) in [6, 6.07) is 36.2. The van der Waals surface area contributed by atoms with Crippen molar-refractivity contribution in [2.75, 3.05) is 0 Å². The van der Waals surface area contributed by atoms with Gasteiger partial charge in [-0.25, -0.2) is 0 Å². The van der Waals surface area contributed by atoms with Gasteiger partial charge in [-0.05, 0) is 57.6 Å². The average Bonchev–Trinajstić information content (AvgIpc) is 3.41. The van der Waals surface area contributed by atoms with E-state index in [1.54, 1.807) is 5.19 Å². The Morgan fingerprint density at radius 3 is 2.24 bits per heavy atom. The molecular weight excluding hydrogens is 725 g/mol. The third-order valence-electron chi connectivity index (χ3n) is 8.03. The number of hydrogen-bond donors (Lipinski definition) is 0. The zero-order valence-corrected chi connectivity index (χ0v) is 28.7. The molecule has 0 bridgehead atoms. The maximum absolute atomic E-state index is 4.52. The number of hydrogen-bond acceptors (Lipinski definition) is 3. The van der Waals surface area contributed by atoms with Crippen LogP contribution in [0, 0.1) is 12.1 Å². The fourth-order valence-electron chi connectivity index (χ4n) is 5.89. The second-order valence-electron chi connectivity index (χ2n) is 11.9. The van der Waals surface area contributed by atoms with Crippen LogP contribution in [-0.2, 0) is 20.1 Å². The molecule has 215 valence electrons. The average molecular weight is 761 g/mol. The predicted octanol–water partition coefficient (Wildman–Crippen LogP) is 10.1. The van der Waals surface area contributed by atoms with Gasteiger partial charge in [0.05, 0.1) is 8.07 Å². The van der Waals surface area contributed by atoms with Gasteiger partial charge in [-0.3, -0.25) is 0 Å². The summed E-state index contributed by atoms with van der Waals surface area (Å²) in [5, 5.41) is 4.24. The van der Waals surface area contributed by atoms with E-state index in [0.29, 0.717) is 0 Å². The first-order valence-corrected chi connectivity index (χ1v) is 19.0. The number of aromatic nitrogens is 2. The number of nitrogens with zero attached hydrogens (tertiary/aromatic N) is 2. The molecule has 1 saturated carbocycles. The second-order valence-corrected chi connectivity index (χ2v) is 18.0. The van der Waals surface area contributed by atoms with E-state index in [4.69, 9.17) is 0 Å². The summed E-state index contributed by atoms with van der Waals surface area (Å²) in [5.41, 5.74) is 5.72. The van der Waals surface area contributed by atoms with Gasteiger partial charge < -0.3 is 9.97 Å². The van der Waals surface area contributed by atoms with Crippen molar-refractivity contribution >= 4 is 44.8 Å². The molecule has 0 unspecified atom stereocenters. The molecule has 2 nitrogen and oxygen atoms in total. The van der Waals surface area contributed by atoms with Gasteiger partial charge in [0, 0.05) is 37.2 Å². The third-order valence-corrected chi connectivity index (χ3v) is 11.5. The van der Waals surface area contributed by atoms with E-state index in [1.165, 1.54) is 57.8 Å². The largest absolute Gasteiger partial charge is 0.305 e. The summed E-state index contributed by atoms with van der Waals surface area (Å²) in [6.45, 7) is 7.24. The molecule has 1 aliphatic carbocycles. The van der Waals surface area contributed by atoms with Crippen molar-refractivity contribution in [1.82, 2.24) is 9.97 Å². The smallest absolute Gasteiger partial charge is 0.0794 e. The Labute approximate surface area is 268 Å². The molecule has 0 saturated heterocycles. The maximum atomic E-state index is 4.52. The monoisotopic (exact) mass is 761 g/mol. The van der Waals surface area contributed by atoms with Crippen molar-refractivity contribution in [3.05, 3.63) is 115 Å². The van der Waals surface area contributed by atoms with Crippen molar-refractivity contribution in [1.29, 1.82) is 0 Å². The van der Waals surface area contributed by atoms with Crippen LogP contribution < -0.4 is 5.19 Å². The first kappa shape index (κ1) is 30.5. The molecule has 3 aromatic carbocycles. The van der Waals surface area contributed by atoms with E-state index in [2.05, 4.69) is 90.3 Å². The summed E-state index contributed by atoms with van der Waals surface area (Å²) in [6.07, 6.45) is 10.6. The molecule has 0 atom stereocenters. The quantitative estimate of drug-likeness (QED) is 0.132. The van der Waals surface area contributed by atoms with Crippen molar-refractivity contribution < 1.29 is 20.1 Å². The summed E-state index contributed by atoms with van der Waals surface area (Å²) in [7, 11) is -1.37. The number of pyridine rings is 2. The number of rotatable bonds is 4. The van der Waals surface area contributed by atoms with Gasteiger partial charge in [-0.1, -0.05) is 86.3 Å². The molecule has 3 aromatic heterocycles.